The van der Waals surface area contributed by atoms with Crippen molar-refractivity contribution >= 4 is 17.1 Å². The van der Waals surface area contributed by atoms with E-state index in [1.54, 1.807) is 11.3 Å². The van der Waals surface area contributed by atoms with Crippen molar-refractivity contribution in [2.24, 2.45) is 5.92 Å². The Kier molecular flexibility index (Phi) is 3.77. The van der Waals surface area contributed by atoms with Crippen molar-refractivity contribution in [2.45, 2.75) is 31.8 Å². The highest BCUT2D eigenvalue weighted by Crippen LogP contribution is 2.30. The summed E-state index contributed by atoms with van der Waals surface area (Å²) in [6.45, 7) is 3.09. The zero-order valence-electron chi connectivity index (χ0n) is 10.5. The molecule has 4 heteroatoms. The van der Waals surface area contributed by atoms with Gasteiger partial charge in [0.25, 0.3) is 0 Å². The molecule has 0 bridgehead atoms. The van der Waals surface area contributed by atoms with Crippen LogP contribution in [-0.2, 0) is 16.1 Å². The molecule has 0 radical (unpaired) electrons. The highest BCUT2D eigenvalue weighted by molar-refractivity contribution is 7.07. The maximum atomic E-state index is 11.9. The van der Waals surface area contributed by atoms with E-state index in [4.69, 9.17) is 4.74 Å². The third-order valence-corrected chi connectivity index (χ3v) is 4.48. The number of hydrogen-bond acceptors (Lipinski definition) is 4. The molecule has 3 nitrogen and oxygen atoms in total. The first-order valence-electron chi connectivity index (χ1n) is 6.68. The van der Waals surface area contributed by atoms with Crippen molar-refractivity contribution in [3.8, 4) is 0 Å². The molecule has 2 fully saturated rings. The Labute approximate surface area is 112 Å². The van der Waals surface area contributed by atoms with Gasteiger partial charge in [0.2, 0.25) is 0 Å². The molecule has 1 aliphatic carbocycles. The minimum Gasteiger partial charge on any atom is -0.380 e. The van der Waals surface area contributed by atoms with Crippen molar-refractivity contribution < 1.29 is 9.53 Å². The number of carbonyl (C=O) groups excluding carboxylic acids is 1. The quantitative estimate of drug-likeness (QED) is 0.818. The fraction of sp³-hybridized carbons (Fsp3) is 0.643. The van der Waals surface area contributed by atoms with Crippen molar-refractivity contribution in [3.05, 3.63) is 22.4 Å². The zero-order chi connectivity index (χ0) is 12.4. The lowest BCUT2D eigenvalue weighted by atomic mass is 9.99. The van der Waals surface area contributed by atoms with E-state index in [1.807, 2.05) is 0 Å². The molecule has 1 saturated carbocycles. The van der Waals surface area contributed by atoms with Crippen LogP contribution in [0.1, 0.15) is 24.8 Å². The average molecular weight is 265 g/mol. The smallest absolute Gasteiger partial charge is 0.141 e. The Morgan fingerprint density at radius 2 is 2.33 bits per heavy atom. The van der Waals surface area contributed by atoms with E-state index in [9.17, 15) is 4.79 Å². The van der Waals surface area contributed by atoms with Crippen LogP contribution in [0.5, 0.6) is 0 Å². The van der Waals surface area contributed by atoms with E-state index in [2.05, 4.69) is 21.7 Å². The second kappa shape index (κ2) is 5.51. The van der Waals surface area contributed by atoms with Gasteiger partial charge in [0.15, 0.2) is 0 Å². The Hall–Kier alpha value is -0.710. The predicted molar refractivity (Wildman–Crippen MR) is 71.7 cm³/mol. The van der Waals surface area contributed by atoms with Gasteiger partial charge in [-0.3, -0.25) is 9.69 Å². The standard InChI is InChI=1S/C14H19NO2S/c16-14-3-5-17-9-12(14)8-15(13-1-2-13)7-11-4-6-18-10-11/h4,6,10,12-13H,1-3,5,7-9H2. The molecule has 98 valence electrons. The molecule has 18 heavy (non-hydrogen) atoms. The van der Waals surface area contributed by atoms with Crippen molar-refractivity contribution in [2.75, 3.05) is 19.8 Å². The number of nitrogens with zero attached hydrogens (tertiary/aromatic N) is 1. The largest absolute Gasteiger partial charge is 0.380 e. The lowest BCUT2D eigenvalue weighted by Gasteiger charge is -2.28. The van der Waals surface area contributed by atoms with Crippen LogP contribution in [0.4, 0.5) is 0 Å². The number of ketones is 1. The third-order valence-electron chi connectivity index (χ3n) is 3.75. The van der Waals surface area contributed by atoms with Crippen molar-refractivity contribution in [1.82, 2.24) is 4.90 Å². The maximum absolute atomic E-state index is 11.9. The molecule has 0 amide bonds. The number of hydrogen-bond donors (Lipinski definition) is 0. The van der Waals surface area contributed by atoms with E-state index < -0.39 is 0 Å². The molecule has 1 atom stereocenters. The lowest BCUT2D eigenvalue weighted by Crippen LogP contribution is -2.39. The van der Waals surface area contributed by atoms with Gasteiger partial charge < -0.3 is 4.74 Å². The Morgan fingerprint density at radius 3 is 3.00 bits per heavy atom. The average Bonchev–Trinajstić information content (AvgIpc) is 3.10. The second-order valence-electron chi connectivity index (χ2n) is 5.28. The molecule has 2 aliphatic rings. The molecule has 0 N–H and O–H groups in total. The lowest BCUT2D eigenvalue weighted by molar-refractivity contribution is -0.131. The first kappa shape index (κ1) is 12.3. The molecule has 1 unspecified atom stereocenters. The van der Waals surface area contributed by atoms with Crippen LogP contribution in [0.25, 0.3) is 0 Å². The SMILES string of the molecule is O=C1CCOCC1CN(Cc1ccsc1)C1CC1. The summed E-state index contributed by atoms with van der Waals surface area (Å²) in [7, 11) is 0. The van der Waals surface area contributed by atoms with Gasteiger partial charge in [-0.1, -0.05) is 0 Å². The summed E-state index contributed by atoms with van der Waals surface area (Å²) in [6.07, 6.45) is 3.17. The highest BCUT2D eigenvalue weighted by Gasteiger charge is 2.33. The number of ether oxygens (including phenoxy) is 1. The van der Waals surface area contributed by atoms with E-state index in [0.717, 1.165) is 13.1 Å². The van der Waals surface area contributed by atoms with Gasteiger partial charge in [-0.25, -0.2) is 0 Å². The van der Waals surface area contributed by atoms with Crippen molar-refractivity contribution in [3.63, 3.8) is 0 Å². The summed E-state index contributed by atoms with van der Waals surface area (Å²) in [5, 5.41) is 4.32. The van der Waals surface area contributed by atoms with Gasteiger partial charge in [0.1, 0.15) is 5.78 Å². The summed E-state index contributed by atoms with van der Waals surface area (Å²) in [5.74, 6) is 0.482. The normalized spacial score (nSPS) is 24.7. The van der Waals surface area contributed by atoms with Crippen LogP contribution in [0.3, 0.4) is 0 Å². The summed E-state index contributed by atoms with van der Waals surface area (Å²) >= 11 is 1.74. The molecule has 2 heterocycles. The molecule has 1 aliphatic heterocycles. The number of Topliss-reactive ketones (excluding diaryl/α,β-unsaturated/α-hetero) is 1. The molecule has 1 aromatic heterocycles. The molecule has 1 saturated heterocycles. The topological polar surface area (TPSA) is 29.5 Å². The summed E-state index contributed by atoms with van der Waals surface area (Å²) < 4.78 is 5.44. The molecule has 0 spiro atoms. The summed E-state index contributed by atoms with van der Waals surface area (Å²) in [6, 6.07) is 2.87. The molecule has 1 aromatic rings. The number of carbonyl (C=O) groups is 1. The molecule has 0 aromatic carbocycles. The summed E-state index contributed by atoms with van der Waals surface area (Å²) in [5.41, 5.74) is 1.37. The van der Waals surface area contributed by atoms with Crippen LogP contribution in [0, 0.1) is 5.92 Å². The van der Waals surface area contributed by atoms with E-state index >= 15 is 0 Å². The number of rotatable bonds is 5. The minimum absolute atomic E-state index is 0.0954. The Bertz CT molecular complexity index is 400. The van der Waals surface area contributed by atoms with E-state index in [1.165, 1.54) is 18.4 Å². The van der Waals surface area contributed by atoms with E-state index in [0.29, 0.717) is 31.5 Å². The van der Waals surface area contributed by atoms with Crippen molar-refractivity contribution in [1.29, 1.82) is 0 Å². The van der Waals surface area contributed by atoms with E-state index in [-0.39, 0.29) is 5.92 Å². The van der Waals surface area contributed by atoms with Gasteiger partial charge in [-0.05, 0) is 35.2 Å². The minimum atomic E-state index is 0.0954. The Balaban J connectivity index is 1.61. The molecule has 3 rings (SSSR count). The summed E-state index contributed by atoms with van der Waals surface area (Å²) in [4.78, 5) is 14.3. The molecular weight excluding hydrogens is 246 g/mol. The van der Waals surface area contributed by atoms with Crippen LogP contribution < -0.4 is 0 Å². The predicted octanol–water partition coefficient (Wildman–Crippen LogP) is 2.32. The zero-order valence-corrected chi connectivity index (χ0v) is 11.3. The monoisotopic (exact) mass is 265 g/mol. The van der Waals surface area contributed by atoms with Gasteiger partial charge in [-0.15, -0.1) is 0 Å². The first-order chi connectivity index (χ1) is 8.83. The van der Waals surface area contributed by atoms with Crippen LogP contribution in [0.15, 0.2) is 16.8 Å². The molecular formula is C14H19NO2S. The van der Waals surface area contributed by atoms with Gasteiger partial charge in [0, 0.05) is 25.6 Å². The van der Waals surface area contributed by atoms with Gasteiger partial charge >= 0.3 is 0 Å². The third kappa shape index (κ3) is 2.99. The highest BCUT2D eigenvalue weighted by atomic mass is 32.1. The first-order valence-corrected chi connectivity index (χ1v) is 7.63. The van der Waals surface area contributed by atoms with Crippen LogP contribution in [-0.4, -0.2) is 36.5 Å². The van der Waals surface area contributed by atoms with Gasteiger partial charge in [0.05, 0.1) is 19.1 Å². The maximum Gasteiger partial charge on any atom is 0.141 e. The fourth-order valence-electron chi connectivity index (χ4n) is 2.53. The fourth-order valence-corrected chi connectivity index (χ4v) is 3.19. The van der Waals surface area contributed by atoms with Crippen LogP contribution >= 0.6 is 11.3 Å². The van der Waals surface area contributed by atoms with Crippen LogP contribution in [0.2, 0.25) is 0 Å². The number of thiophene rings is 1. The second-order valence-corrected chi connectivity index (χ2v) is 6.06. The van der Waals surface area contributed by atoms with Gasteiger partial charge in [-0.2, -0.15) is 11.3 Å². The Morgan fingerprint density at radius 1 is 1.44 bits per heavy atom.